The van der Waals surface area contributed by atoms with Crippen molar-refractivity contribution < 1.29 is 4.79 Å². The molecule has 0 radical (unpaired) electrons. The molecule has 35 heavy (non-hydrogen) atoms. The average molecular weight is 485 g/mol. The minimum Gasteiger partial charge on any atom is -0.348 e. The number of aromatic nitrogens is 4. The highest BCUT2D eigenvalue weighted by atomic mass is 35.5. The van der Waals surface area contributed by atoms with E-state index in [1.165, 1.54) is 10.5 Å². The van der Waals surface area contributed by atoms with Gasteiger partial charge in [-0.15, -0.1) is 0 Å². The number of pyridine rings is 3. The highest BCUT2D eigenvalue weighted by Gasteiger charge is 2.18. The Bertz CT molecular complexity index is 1710. The average Bonchev–Trinajstić information content (AvgIpc) is 2.86. The molecular weight excluding hydrogens is 464 g/mol. The van der Waals surface area contributed by atoms with E-state index in [9.17, 15) is 9.59 Å². The molecule has 0 aliphatic rings. The lowest BCUT2D eigenvalue weighted by molar-refractivity contribution is 0.0948. The predicted molar refractivity (Wildman–Crippen MR) is 134 cm³/mol. The number of benzene rings is 1. The van der Waals surface area contributed by atoms with Gasteiger partial charge in [-0.1, -0.05) is 41.9 Å². The standard InChI is InChI=1S/C26H21ClN6O2/c1-16-6-5-11-32-23(16)31-24-20(26(32)35)12-19(22(28)33(24)15-17-7-4-10-29-13-17)25(34)30-14-18-8-2-3-9-21(18)27/h2-13,28H,14-15H2,1H3,(H,30,34). The van der Waals surface area contributed by atoms with Crippen molar-refractivity contribution >= 4 is 34.2 Å². The molecule has 0 aliphatic carbocycles. The maximum Gasteiger partial charge on any atom is 0.267 e. The van der Waals surface area contributed by atoms with Crippen molar-refractivity contribution in [3.05, 3.63) is 116 Å². The zero-order valence-corrected chi connectivity index (χ0v) is 19.6. The van der Waals surface area contributed by atoms with Crippen LogP contribution in [0.2, 0.25) is 5.02 Å². The van der Waals surface area contributed by atoms with Gasteiger partial charge in [-0.05, 0) is 47.9 Å². The number of carbonyl (C=O) groups excluding carboxylic acids is 1. The topological polar surface area (TPSA) is 105 Å². The maximum absolute atomic E-state index is 13.4. The lowest BCUT2D eigenvalue weighted by Gasteiger charge is -2.15. The molecule has 0 atom stereocenters. The summed E-state index contributed by atoms with van der Waals surface area (Å²) in [7, 11) is 0. The fraction of sp³-hybridized carbons (Fsp3) is 0.115. The molecule has 9 heteroatoms. The molecule has 5 rings (SSSR count). The Labute approximate surface area is 205 Å². The number of hydrogen-bond acceptors (Lipinski definition) is 5. The van der Waals surface area contributed by atoms with Crippen molar-refractivity contribution in [2.45, 2.75) is 20.0 Å². The molecule has 174 valence electrons. The van der Waals surface area contributed by atoms with Crippen LogP contribution in [-0.4, -0.2) is 24.8 Å². The Hall–Kier alpha value is -4.30. The molecule has 0 unspecified atom stereocenters. The number of nitrogens with zero attached hydrogens (tertiary/aromatic N) is 4. The van der Waals surface area contributed by atoms with Crippen LogP contribution in [0.1, 0.15) is 27.0 Å². The number of carbonyl (C=O) groups is 1. The maximum atomic E-state index is 13.4. The first-order valence-corrected chi connectivity index (χ1v) is 11.3. The third-order valence-electron chi connectivity index (χ3n) is 5.84. The molecule has 1 aromatic carbocycles. The summed E-state index contributed by atoms with van der Waals surface area (Å²) in [5, 5.41) is 12.5. The molecule has 0 saturated carbocycles. The van der Waals surface area contributed by atoms with Gasteiger partial charge in [0.1, 0.15) is 16.8 Å². The monoisotopic (exact) mass is 484 g/mol. The third kappa shape index (κ3) is 4.20. The number of aryl methyl sites for hydroxylation is 1. The van der Waals surface area contributed by atoms with Gasteiger partial charge in [0.05, 0.1) is 17.5 Å². The predicted octanol–water partition coefficient (Wildman–Crippen LogP) is 3.46. The van der Waals surface area contributed by atoms with E-state index in [2.05, 4.69) is 10.3 Å². The Morgan fingerprint density at radius 1 is 1.11 bits per heavy atom. The smallest absolute Gasteiger partial charge is 0.267 e. The number of fused-ring (bicyclic) bond motifs is 2. The van der Waals surface area contributed by atoms with Crippen molar-refractivity contribution in [1.29, 1.82) is 5.41 Å². The van der Waals surface area contributed by atoms with E-state index in [1.54, 1.807) is 41.4 Å². The van der Waals surface area contributed by atoms with Crippen LogP contribution < -0.4 is 16.4 Å². The molecule has 2 N–H and O–H groups in total. The van der Waals surface area contributed by atoms with Crippen LogP contribution in [0.15, 0.2) is 78.0 Å². The first kappa shape index (κ1) is 22.5. The van der Waals surface area contributed by atoms with E-state index in [4.69, 9.17) is 22.0 Å². The van der Waals surface area contributed by atoms with Crippen LogP contribution in [0, 0.1) is 12.3 Å². The molecular formula is C26H21ClN6O2. The van der Waals surface area contributed by atoms with Crippen molar-refractivity contribution in [3.63, 3.8) is 0 Å². The Kier molecular flexibility index (Phi) is 5.88. The van der Waals surface area contributed by atoms with Gasteiger partial charge in [-0.2, -0.15) is 0 Å². The first-order valence-electron chi connectivity index (χ1n) is 10.9. The van der Waals surface area contributed by atoms with Gasteiger partial charge in [0.15, 0.2) is 0 Å². The van der Waals surface area contributed by atoms with Crippen LogP contribution in [0.3, 0.4) is 0 Å². The van der Waals surface area contributed by atoms with Crippen LogP contribution in [0.4, 0.5) is 0 Å². The molecule has 5 aromatic rings. The van der Waals surface area contributed by atoms with Gasteiger partial charge < -0.3 is 9.88 Å². The summed E-state index contributed by atoms with van der Waals surface area (Å²) in [6.45, 7) is 2.28. The second kappa shape index (κ2) is 9.15. The molecule has 0 spiro atoms. The lowest BCUT2D eigenvalue weighted by atomic mass is 10.1. The van der Waals surface area contributed by atoms with E-state index in [1.807, 2.05) is 37.3 Å². The van der Waals surface area contributed by atoms with Crippen LogP contribution >= 0.6 is 11.6 Å². The van der Waals surface area contributed by atoms with Crippen molar-refractivity contribution in [1.82, 2.24) is 24.3 Å². The van der Waals surface area contributed by atoms with Crippen LogP contribution in [-0.2, 0) is 13.1 Å². The molecule has 0 bridgehead atoms. The minimum absolute atomic E-state index is 0.0529. The number of halogens is 1. The van der Waals surface area contributed by atoms with Crippen molar-refractivity contribution in [3.8, 4) is 0 Å². The summed E-state index contributed by atoms with van der Waals surface area (Å²) >= 11 is 6.22. The van der Waals surface area contributed by atoms with E-state index >= 15 is 0 Å². The Morgan fingerprint density at radius 2 is 1.94 bits per heavy atom. The van der Waals surface area contributed by atoms with E-state index in [-0.39, 0.29) is 35.1 Å². The molecule has 8 nitrogen and oxygen atoms in total. The van der Waals surface area contributed by atoms with Gasteiger partial charge >= 0.3 is 0 Å². The zero-order chi connectivity index (χ0) is 24.5. The van der Waals surface area contributed by atoms with Crippen molar-refractivity contribution in [2.75, 3.05) is 0 Å². The lowest BCUT2D eigenvalue weighted by Crippen LogP contribution is -2.35. The van der Waals surface area contributed by atoms with Crippen LogP contribution in [0.25, 0.3) is 16.7 Å². The minimum atomic E-state index is -0.481. The van der Waals surface area contributed by atoms with Gasteiger partial charge in [0, 0.05) is 30.2 Å². The third-order valence-corrected chi connectivity index (χ3v) is 6.21. The quantitative estimate of drug-likeness (QED) is 0.373. The number of amides is 1. The van der Waals surface area contributed by atoms with Crippen LogP contribution in [0.5, 0.6) is 0 Å². The molecule has 0 saturated heterocycles. The van der Waals surface area contributed by atoms with E-state index < -0.39 is 5.91 Å². The molecule has 4 heterocycles. The molecule has 0 fully saturated rings. The largest absolute Gasteiger partial charge is 0.348 e. The highest BCUT2D eigenvalue weighted by molar-refractivity contribution is 6.31. The zero-order valence-electron chi connectivity index (χ0n) is 18.8. The summed E-state index contributed by atoms with van der Waals surface area (Å²) < 4.78 is 3.03. The SMILES string of the molecule is Cc1cccn2c(=O)c3cc(C(=O)NCc4ccccc4Cl)c(=N)n(Cc4cccnc4)c3nc12. The summed E-state index contributed by atoms with van der Waals surface area (Å²) in [6.07, 6.45) is 4.99. The van der Waals surface area contributed by atoms with E-state index in [0.717, 1.165) is 16.7 Å². The highest BCUT2D eigenvalue weighted by Crippen LogP contribution is 2.16. The summed E-state index contributed by atoms with van der Waals surface area (Å²) in [4.78, 5) is 35.5. The van der Waals surface area contributed by atoms with Gasteiger partial charge in [-0.3, -0.25) is 24.4 Å². The van der Waals surface area contributed by atoms with Crippen molar-refractivity contribution in [2.24, 2.45) is 0 Å². The Morgan fingerprint density at radius 3 is 2.71 bits per heavy atom. The molecule has 1 amide bonds. The van der Waals surface area contributed by atoms with E-state index in [0.29, 0.717) is 16.3 Å². The Balaban J connectivity index is 1.69. The fourth-order valence-corrected chi connectivity index (χ4v) is 4.21. The molecule has 0 aliphatic heterocycles. The second-order valence-electron chi connectivity index (χ2n) is 8.17. The fourth-order valence-electron chi connectivity index (χ4n) is 4.01. The summed E-state index contributed by atoms with van der Waals surface area (Å²) in [6, 6.07) is 16.0. The number of hydrogen-bond donors (Lipinski definition) is 2. The number of rotatable bonds is 5. The normalized spacial score (nSPS) is 11.1. The number of nitrogens with one attached hydrogen (secondary N) is 2. The summed E-state index contributed by atoms with van der Waals surface area (Å²) in [5.74, 6) is -0.481. The summed E-state index contributed by atoms with van der Waals surface area (Å²) in [5.41, 5.74) is 2.93. The molecule has 4 aromatic heterocycles. The van der Waals surface area contributed by atoms with Gasteiger partial charge in [-0.25, -0.2) is 4.98 Å². The van der Waals surface area contributed by atoms with Gasteiger partial charge in [0.25, 0.3) is 11.5 Å². The second-order valence-corrected chi connectivity index (χ2v) is 8.57. The van der Waals surface area contributed by atoms with Gasteiger partial charge in [0.2, 0.25) is 0 Å². The first-order chi connectivity index (χ1) is 16.9.